The largest absolute Gasteiger partial charge is 0.493 e. The van der Waals surface area contributed by atoms with Crippen molar-refractivity contribution in [3.8, 4) is 11.5 Å². The SMILES string of the molecule is CCCOc1c(CN[C@@H]2CCC[C@H]2Cc2cc(C)no2)cccc1OC.O=C(O)CC(O)(CC(=O)O)C(=O)O. The van der Waals surface area contributed by atoms with Crippen LogP contribution in [0.1, 0.15) is 62.5 Å². The van der Waals surface area contributed by atoms with Gasteiger partial charge in [-0.05, 0) is 38.2 Å². The summed E-state index contributed by atoms with van der Waals surface area (Å²) in [5, 5.41) is 41.6. The standard InChI is InChI=1S/C21H30N2O3.C6H8O7/c1-4-11-25-21-17(8-6-10-20(21)24-3)14-22-19-9-5-7-16(19)13-18-12-15(2)23-26-18;7-3(8)1-6(13,5(11)12)2-4(9)10/h6,8,10,12,16,19,22H,4-5,7,9,11,13-14H2,1-3H3;13H,1-2H2,(H,7,8)(H,9,10)(H,11,12)/t16-,19+;/m0./s1. The van der Waals surface area contributed by atoms with Gasteiger partial charge in [-0.3, -0.25) is 9.59 Å². The van der Waals surface area contributed by atoms with E-state index in [0.29, 0.717) is 18.6 Å². The van der Waals surface area contributed by atoms with Crippen LogP contribution < -0.4 is 14.8 Å². The highest BCUT2D eigenvalue weighted by Crippen LogP contribution is 2.33. The average molecular weight is 551 g/mol. The Kier molecular flexibility index (Phi) is 12.2. The number of nitrogens with one attached hydrogen (secondary N) is 1. The molecule has 0 aliphatic heterocycles. The number of carbonyl (C=O) groups is 3. The van der Waals surface area contributed by atoms with Crippen LogP contribution in [0, 0.1) is 12.8 Å². The van der Waals surface area contributed by atoms with Crippen molar-refractivity contribution in [3.05, 3.63) is 41.3 Å². The third-order valence-corrected chi connectivity index (χ3v) is 6.37. The summed E-state index contributed by atoms with van der Waals surface area (Å²) in [7, 11) is 1.69. The number of aromatic nitrogens is 1. The number of benzene rings is 1. The fourth-order valence-electron chi connectivity index (χ4n) is 4.51. The molecule has 0 unspecified atom stereocenters. The van der Waals surface area contributed by atoms with Crippen LogP contribution in [0.25, 0.3) is 0 Å². The van der Waals surface area contributed by atoms with Gasteiger partial charge in [0.15, 0.2) is 17.1 Å². The molecule has 39 heavy (non-hydrogen) atoms. The Balaban J connectivity index is 0.000000349. The van der Waals surface area contributed by atoms with E-state index < -0.39 is 36.4 Å². The third-order valence-electron chi connectivity index (χ3n) is 6.37. The molecule has 5 N–H and O–H groups in total. The average Bonchev–Trinajstić information content (AvgIpc) is 3.49. The zero-order valence-electron chi connectivity index (χ0n) is 22.5. The van der Waals surface area contributed by atoms with Gasteiger partial charge in [0.05, 0.1) is 32.3 Å². The Morgan fingerprint density at radius 1 is 1.15 bits per heavy atom. The number of hydrogen-bond donors (Lipinski definition) is 5. The molecule has 1 aliphatic carbocycles. The summed E-state index contributed by atoms with van der Waals surface area (Å²) < 4.78 is 16.9. The lowest BCUT2D eigenvalue weighted by Crippen LogP contribution is -2.42. The van der Waals surface area contributed by atoms with Gasteiger partial charge in [0.25, 0.3) is 0 Å². The van der Waals surface area contributed by atoms with Crippen LogP contribution in [0.5, 0.6) is 11.5 Å². The van der Waals surface area contributed by atoms with Crippen LogP contribution in [0.4, 0.5) is 0 Å². The first-order valence-corrected chi connectivity index (χ1v) is 12.8. The van der Waals surface area contributed by atoms with Crippen molar-refractivity contribution in [3.63, 3.8) is 0 Å². The topological polar surface area (TPSA) is 189 Å². The molecule has 216 valence electrons. The summed E-state index contributed by atoms with van der Waals surface area (Å²) in [6.07, 6.45) is 3.33. The highest BCUT2D eigenvalue weighted by atomic mass is 16.5. The Hall–Kier alpha value is -3.64. The van der Waals surface area contributed by atoms with Crippen LogP contribution in [0.2, 0.25) is 0 Å². The lowest BCUT2D eigenvalue weighted by molar-refractivity contribution is -0.170. The quantitative estimate of drug-likeness (QED) is 0.232. The molecule has 1 aromatic carbocycles. The summed E-state index contributed by atoms with van der Waals surface area (Å²) in [5.41, 5.74) is -0.631. The first-order valence-electron chi connectivity index (χ1n) is 12.8. The molecule has 1 saturated carbocycles. The van der Waals surface area contributed by atoms with Gasteiger partial charge in [0.2, 0.25) is 0 Å². The van der Waals surface area contributed by atoms with Gasteiger partial charge in [-0.1, -0.05) is 30.6 Å². The van der Waals surface area contributed by atoms with Crippen LogP contribution >= 0.6 is 0 Å². The number of aliphatic carboxylic acids is 3. The molecule has 2 aromatic rings. The molecule has 0 spiro atoms. The van der Waals surface area contributed by atoms with E-state index in [9.17, 15) is 14.4 Å². The fourth-order valence-corrected chi connectivity index (χ4v) is 4.51. The summed E-state index contributed by atoms with van der Waals surface area (Å²) in [6, 6.07) is 8.64. The zero-order valence-corrected chi connectivity index (χ0v) is 22.5. The van der Waals surface area contributed by atoms with Gasteiger partial charge in [-0.2, -0.15) is 0 Å². The number of aliphatic hydroxyl groups is 1. The van der Waals surface area contributed by atoms with Gasteiger partial charge in [0, 0.05) is 30.6 Å². The highest BCUT2D eigenvalue weighted by molar-refractivity contribution is 5.88. The minimum Gasteiger partial charge on any atom is -0.493 e. The molecule has 12 nitrogen and oxygen atoms in total. The highest BCUT2D eigenvalue weighted by Gasteiger charge is 2.40. The lowest BCUT2D eigenvalue weighted by atomic mass is 9.96. The van der Waals surface area contributed by atoms with E-state index in [1.165, 1.54) is 19.3 Å². The van der Waals surface area contributed by atoms with Crippen LogP contribution in [-0.2, 0) is 27.3 Å². The van der Waals surface area contributed by atoms with Crippen molar-refractivity contribution < 1.29 is 48.8 Å². The molecule has 1 fully saturated rings. The van der Waals surface area contributed by atoms with Crippen molar-refractivity contribution in [2.45, 2.75) is 77.0 Å². The fraction of sp³-hybridized carbons (Fsp3) is 0.556. The molecule has 0 bridgehead atoms. The number of carboxylic acid groups (broad SMARTS) is 3. The predicted molar refractivity (Wildman–Crippen MR) is 139 cm³/mol. The summed E-state index contributed by atoms with van der Waals surface area (Å²) in [6.45, 7) is 5.57. The number of para-hydroxylation sites is 1. The Labute approximate surface area is 226 Å². The second-order valence-corrected chi connectivity index (χ2v) is 9.59. The molecule has 2 atom stereocenters. The first-order chi connectivity index (χ1) is 18.5. The molecule has 0 radical (unpaired) electrons. The number of carboxylic acids is 3. The monoisotopic (exact) mass is 550 g/mol. The van der Waals surface area contributed by atoms with E-state index in [0.717, 1.165) is 47.9 Å². The molecular weight excluding hydrogens is 512 g/mol. The third kappa shape index (κ3) is 9.88. The number of rotatable bonds is 14. The second-order valence-electron chi connectivity index (χ2n) is 9.59. The smallest absolute Gasteiger partial charge is 0.336 e. The van der Waals surface area contributed by atoms with E-state index in [-0.39, 0.29) is 0 Å². The maximum Gasteiger partial charge on any atom is 0.336 e. The maximum absolute atomic E-state index is 10.3. The normalized spacial score (nSPS) is 16.7. The molecule has 1 heterocycles. The van der Waals surface area contributed by atoms with Crippen molar-refractivity contribution in [2.24, 2.45) is 5.92 Å². The Morgan fingerprint density at radius 2 is 1.85 bits per heavy atom. The summed E-state index contributed by atoms with van der Waals surface area (Å²) in [4.78, 5) is 30.5. The number of nitrogens with zero attached hydrogens (tertiary/aromatic N) is 1. The van der Waals surface area contributed by atoms with Gasteiger partial charge < -0.3 is 39.7 Å². The van der Waals surface area contributed by atoms with Crippen molar-refractivity contribution in [1.29, 1.82) is 0 Å². The molecule has 1 aliphatic rings. The minimum absolute atomic E-state index is 0.491. The molecule has 0 saturated heterocycles. The Bertz CT molecular complexity index is 1080. The van der Waals surface area contributed by atoms with Gasteiger partial charge >= 0.3 is 17.9 Å². The van der Waals surface area contributed by atoms with Crippen LogP contribution in [-0.4, -0.2) is 68.9 Å². The predicted octanol–water partition coefficient (Wildman–Crippen LogP) is 3.03. The lowest BCUT2D eigenvalue weighted by Gasteiger charge is -2.21. The van der Waals surface area contributed by atoms with Gasteiger partial charge in [-0.15, -0.1) is 0 Å². The van der Waals surface area contributed by atoms with Crippen LogP contribution in [0.3, 0.4) is 0 Å². The maximum atomic E-state index is 10.3. The molecule has 3 rings (SSSR count). The number of methoxy groups -OCH3 is 1. The van der Waals surface area contributed by atoms with E-state index >= 15 is 0 Å². The number of hydrogen-bond acceptors (Lipinski definition) is 9. The van der Waals surface area contributed by atoms with E-state index in [1.807, 2.05) is 25.1 Å². The van der Waals surface area contributed by atoms with Gasteiger partial charge in [-0.25, -0.2) is 4.79 Å². The van der Waals surface area contributed by atoms with E-state index in [4.69, 9.17) is 34.4 Å². The van der Waals surface area contributed by atoms with Crippen molar-refractivity contribution >= 4 is 17.9 Å². The van der Waals surface area contributed by atoms with Gasteiger partial charge in [0.1, 0.15) is 5.76 Å². The first kappa shape index (κ1) is 31.6. The summed E-state index contributed by atoms with van der Waals surface area (Å²) in [5.74, 6) is -1.76. The van der Waals surface area contributed by atoms with Crippen LogP contribution in [0.15, 0.2) is 28.8 Å². The van der Waals surface area contributed by atoms with Crippen molar-refractivity contribution in [1.82, 2.24) is 10.5 Å². The minimum atomic E-state index is -2.74. The van der Waals surface area contributed by atoms with E-state index in [1.54, 1.807) is 7.11 Å². The number of aryl methyl sites for hydroxylation is 1. The molecular formula is C27H38N2O10. The summed E-state index contributed by atoms with van der Waals surface area (Å²) >= 11 is 0. The molecule has 1 aromatic heterocycles. The number of ether oxygens (including phenoxy) is 2. The Morgan fingerprint density at radius 3 is 2.38 bits per heavy atom. The molecule has 12 heteroatoms. The second kappa shape index (κ2) is 15.1. The van der Waals surface area contributed by atoms with E-state index in [2.05, 4.69) is 23.5 Å². The zero-order chi connectivity index (χ0) is 29.0. The molecule has 0 amide bonds. The van der Waals surface area contributed by atoms with Crippen molar-refractivity contribution in [2.75, 3.05) is 13.7 Å².